The number of anilines is 1. The number of likely N-dealkylation sites (N-methyl/N-ethyl adjacent to an activating group) is 1. The van der Waals surface area contributed by atoms with Crippen molar-refractivity contribution in [3.63, 3.8) is 0 Å². The fraction of sp³-hybridized carbons (Fsp3) is 0.368. The molecule has 0 saturated carbocycles. The van der Waals surface area contributed by atoms with Gasteiger partial charge in [-0.15, -0.1) is 0 Å². The summed E-state index contributed by atoms with van der Waals surface area (Å²) < 4.78 is 1.43. The summed E-state index contributed by atoms with van der Waals surface area (Å²) in [6.45, 7) is 5.30. The molecule has 0 aliphatic carbocycles. The molecule has 2 heterocycles. The Morgan fingerprint density at radius 2 is 1.81 bits per heavy atom. The Balaban J connectivity index is 1.61. The van der Waals surface area contributed by atoms with Crippen molar-refractivity contribution in [1.29, 1.82) is 0 Å². The first-order valence-corrected chi connectivity index (χ1v) is 8.96. The van der Waals surface area contributed by atoms with Crippen LogP contribution in [0.15, 0.2) is 47.4 Å². The molecule has 1 aliphatic heterocycles. The van der Waals surface area contributed by atoms with Gasteiger partial charge in [0.2, 0.25) is 7.98 Å². The lowest BCUT2D eigenvalue weighted by Gasteiger charge is -2.32. The second-order valence-electron chi connectivity index (χ2n) is 6.83. The summed E-state index contributed by atoms with van der Waals surface area (Å²) in [7, 11) is 3.91. The van der Waals surface area contributed by atoms with E-state index in [1.165, 1.54) is 16.2 Å². The molecule has 0 spiro atoms. The number of aromatic nitrogens is 1. The maximum absolute atomic E-state index is 12.5. The number of rotatable bonds is 6. The Morgan fingerprint density at radius 1 is 1.12 bits per heavy atom. The Bertz CT molecular complexity index is 811. The molecular weight excluding hydrogens is 327 g/mol. The van der Waals surface area contributed by atoms with Gasteiger partial charge in [0, 0.05) is 56.2 Å². The first-order valence-electron chi connectivity index (χ1n) is 8.96. The largest absolute Gasteiger partial charge is 0.434 e. The fourth-order valence-corrected chi connectivity index (χ4v) is 3.10. The molecule has 1 aromatic heterocycles. The highest BCUT2D eigenvalue weighted by atomic mass is 16.1. The molecule has 6 nitrogen and oxygen atoms in total. The molecule has 1 aliphatic rings. The smallest absolute Gasteiger partial charge is 0.252 e. The maximum Gasteiger partial charge on any atom is 0.252 e. The van der Waals surface area contributed by atoms with E-state index in [9.17, 15) is 9.59 Å². The number of piperazine rings is 1. The van der Waals surface area contributed by atoms with Crippen molar-refractivity contribution < 1.29 is 4.79 Å². The van der Waals surface area contributed by atoms with Gasteiger partial charge < -0.3 is 14.7 Å². The summed E-state index contributed by atoms with van der Waals surface area (Å²) in [5.41, 5.74) is 2.40. The highest BCUT2D eigenvalue weighted by Crippen LogP contribution is 2.11. The van der Waals surface area contributed by atoms with E-state index in [2.05, 4.69) is 22.1 Å². The van der Waals surface area contributed by atoms with Crippen molar-refractivity contribution in [3.8, 4) is 0 Å². The number of hydrogen-bond acceptors (Lipinski definition) is 5. The molecule has 2 aromatic rings. The van der Waals surface area contributed by atoms with Gasteiger partial charge in [-0.05, 0) is 18.7 Å². The van der Waals surface area contributed by atoms with Crippen LogP contribution in [0, 0.1) is 0 Å². The van der Waals surface area contributed by atoms with Gasteiger partial charge in [-0.1, -0.05) is 24.3 Å². The molecule has 1 fully saturated rings. The molecule has 26 heavy (non-hydrogen) atoms. The van der Waals surface area contributed by atoms with Crippen LogP contribution < -0.4 is 10.8 Å². The number of carbonyl (C=O) groups is 1. The maximum atomic E-state index is 12.5. The summed E-state index contributed by atoms with van der Waals surface area (Å²) in [4.78, 5) is 29.3. The second kappa shape index (κ2) is 8.34. The fourth-order valence-electron chi connectivity index (χ4n) is 3.10. The lowest BCUT2D eigenvalue weighted by Crippen LogP contribution is -2.43. The minimum Gasteiger partial charge on any atom is -0.434 e. The van der Waals surface area contributed by atoms with Crippen LogP contribution in [0.4, 0.5) is 5.69 Å². The number of nitrogens with zero attached hydrogens (tertiary/aromatic N) is 3. The van der Waals surface area contributed by atoms with Crippen LogP contribution in [0.1, 0.15) is 15.9 Å². The van der Waals surface area contributed by atoms with Gasteiger partial charge >= 0.3 is 0 Å². The van der Waals surface area contributed by atoms with Crippen LogP contribution >= 0.6 is 0 Å². The van der Waals surface area contributed by atoms with Gasteiger partial charge in [-0.2, -0.15) is 0 Å². The Kier molecular flexibility index (Phi) is 5.91. The third-order valence-electron chi connectivity index (χ3n) is 4.88. The molecule has 1 N–H and O–H groups in total. The Morgan fingerprint density at radius 3 is 2.42 bits per heavy atom. The van der Waals surface area contributed by atoms with E-state index in [0.717, 1.165) is 38.4 Å². The minimum absolute atomic E-state index is 0.0562. The predicted octanol–water partition coefficient (Wildman–Crippen LogP) is 0.439. The third-order valence-corrected chi connectivity index (χ3v) is 4.88. The van der Waals surface area contributed by atoms with Crippen molar-refractivity contribution in [2.24, 2.45) is 0 Å². The summed E-state index contributed by atoms with van der Waals surface area (Å²) in [6, 6.07) is 11.0. The molecule has 0 unspecified atom stereocenters. The van der Waals surface area contributed by atoms with Crippen molar-refractivity contribution in [2.75, 3.05) is 38.5 Å². The summed E-state index contributed by atoms with van der Waals surface area (Å²) >= 11 is 0. The van der Waals surface area contributed by atoms with Gasteiger partial charge in [0.05, 0.1) is 6.54 Å². The molecule has 0 amide bonds. The molecule has 1 aromatic carbocycles. The van der Waals surface area contributed by atoms with E-state index in [1.807, 2.05) is 24.3 Å². The van der Waals surface area contributed by atoms with Crippen molar-refractivity contribution in [3.05, 3.63) is 64.1 Å². The number of hydrogen-bond donors (Lipinski definition) is 1. The van der Waals surface area contributed by atoms with Crippen molar-refractivity contribution >= 4 is 19.5 Å². The predicted molar refractivity (Wildman–Crippen MR) is 106 cm³/mol. The van der Waals surface area contributed by atoms with Crippen LogP contribution in [0.2, 0.25) is 0 Å². The summed E-state index contributed by atoms with van der Waals surface area (Å²) in [5, 5.41) is 2.92. The number of Topliss-reactive ketones (excluding diaryl/α,β-unsaturated/α-hetero) is 1. The molecule has 0 radical (unpaired) electrons. The van der Waals surface area contributed by atoms with Crippen molar-refractivity contribution in [1.82, 2.24) is 14.4 Å². The van der Waals surface area contributed by atoms with E-state index in [4.69, 9.17) is 0 Å². The first kappa shape index (κ1) is 18.4. The molecule has 1 saturated heterocycles. The zero-order valence-electron chi connectivity index (χ0n) is 15.4. The Labute approximate surface area is 154 Å². The van der Waals surface area contributed by atoms with E-state index in [0.29, 0.717) is 5.56 Å². The van der Waals surface area contributed by atoms with E-state index < -0.39 is 0 Å². The lowest BCUT2D eigenvalue weighted by molar-refractivity contribution is 0.0971. The van der Waals surface area contributed by atoms with Crippen LogP contribution in [0.25, 0.3) is 0 Å². The highest BCUT2D eigenvalue weighted by molar-refractivity contribution is 6.15. The van der Waals surface area contributed by atoms with Crippen LogP contribution in [0.5, 0.6) is 0 Å². The molecule has 0 atom stereocenters. The van der Waals surface area contributed by atoms with Gasteiger partial charge in [0.15, 0.2) is 5.78 Å². The summed E-state index contributed by atoms with van der Waals surface area (Å²) in [5.74, 6) is -0.0598. The number of ketones is 1. The zero-order chi connectivity index (χ0) is 18.5. The normalized spacial score (nSPS) is 15.7. The van der Waals surface area contributed by atoms with Crippen LogP contribution in [-0.2, 0) is 13.1 Å². The van der Waals surface area contributed by atoms with Crippen molar-refractivity contribution in [2.45, 2.75) is 13.1 Å². The number of carbonyl (C=O) groups excluding carboxylic acids is 1. The minimum atomic E-state index is -0.183. The van der Waals surface area contributed by atoms with E-state index in [-0.39, 0.29) is 17.9 Å². The van der Waals surface area contributed by atoms with E-state index in [1.54, 1.807) is 20.2 Å². The number of nitrogens with one attached hydrogen (secondary N) is 1. The standard InChI is InChI=1S/C19H25BN4O2/c1-22-8-10-23(11-9-22)13-15-2-4-16(5-3-15)18(25)14-24-7-6-17(21-20)12-19(24)26/h2-7,12,21H,8-11,13-14,20H2,1H3. The second-order valence-corrected chi connectivity index (χ2v) is 6.83. The number of benzene rings is 1. The van der Waals surface area contributed by atoms with Gasteiger partial charge in [-0.25, -0.2) is 0 Å². The first-order chi connectivity index (χ1) is 12.5. The van der Waals surface area contributed by atoms with E-state index >= 15 is 0 Å². The zero-order valence-corrected chi connectivity index (χ0v) is 15.4. The molecule has 0 bridgehead atoms. The molecule has 136 valence electrons. The van der Waals surface area contributed by atoms with Crippen LogP contribution in [0.3, 0.4) is 0 Å². The average molecular weight is 352 g/mol. The monoisotopic (exact) mass is 352 g/mol. The molecule has 7 heteroatoms. The quantitative estimate of drug-likeness (QED) is 0.604. The van der Waals surface area contributed by atoms with Crippen LogP contribution in [-0.4, -0.2) is 61.4 Å². The molecule has 3 rings (SSSR count). The van der Waals surface area contributed by atoms with Gasteiger partial charge in [-0.3, -0.25) is 14.5 Å². The Hall–Kier alpha value is -2.38. The topological polar surface area (TPSA) is 57.6 Å². The lowest BCUT2D eigenvalue weighted by atomic mass is 10.1. The molecular formula is C19H25BN4O2. The third kappa shape index (κ3) is 4.62. The highest BCUT2D eigenvalue weighted by Gasteiger charge is 2.14. The average Bonchev–Trinajstić information content (AvgIpc) is 2.65. The summed E-state index contributed by atoms with van der Waals surface area (Å²) in [6.07, 6.45) is 1.65. The van der Waals surface area contributed by atoms with Gasteiger partial charge in [0.1, 0.15) is 0 Å². The SMILES string of the molecule is BNc1ccn(CC(=O)c2ccc(CN3CCN(C)CC3)cc2)c(=O)c1. The van der Waals surface area contributed by atoms with Gasteiger partial charge in [0.25, 0.3) is 5.56 Å². The number of pyridine rings is 1.